The van der Waals surface area contributed by atoms with Crippen LogP contribution in [-0.4, -0.2) is 41.8 Å². The Morgan fingerprint density at radius 2 is 2.00 bits per heavy atom. The second-order valence-electron chi connectivity index (χ2n) is 4.69. The maximum atomic E-state index is 11.9. The Morgan fingerprint density at radius 3 is 2.61 bits per heavy atom. The van der Waals surface area contributed by atoms with E-state index in [4.69, 9.17) is 5.73 Å². The van der Waals surface area contributed by atoms with Crippen LogP contribution >= 0.6 is 0 Å². The quantitative estimate of drug-likeness (QED) is 0.610. The second kappa shape index (κ2) is 5.34. The third-order valence-corrected chi connectivity index (χ3v) is 3.15. The van der Waals surface area contributed by atoms with Gasteiger partial charge in [-0.2, -0.15) is 0 Å². The monoisotopic (exact) mass is 255 g/mol. The van der Waals surface area contributed by atoms with E-state index in [0.29, 0.717) is 13.0 Å². The normalized spacial score (nSPS) is 22.9. The number of hydroxylamine groups is 1. The van der Waals surface area contributed by atoms with E-state index in [0.717, 1.165) is 19.3 Å². The third kappa shape index (κ3) is 2.98. The number of rotatable bonds is 5. The van der Waals surface area contributed by atoms with Crippen LogP contribution in [0.25, 0.3) is 0 Å². The number of amides is 3. The number of hydrogen-bond acceptors (Lipinski definition) is 4. The standard InChI is InChI=1S/C11H17N3O4/c12-9(15)6-18-13-10(16)8-2-1-5-14(8)11(17)7-3-4-7/h7-8H,1-6H2,(H2,12,15)(H,13,16). The van der Waals surface area contributed by atoms with E-state index < -0.39 is 11.9 Å². The van der Waals surface area contributed by atoms with Gasteiger partial charge in [0.15, 0.2) is 6.61 Å². The lowest BCUT2D eigenvalue weighted by Gasteiger charge is -2.23. The van der Waals surface area contributed by atoms with Crippen LogP contribution in [0.3, 0.4) is 0 Å². The van der Waals surface area contributed by atoms with Crippen LogP contribution in [0.1, 0.15) is 25.7 Å². The van der Waals surface area contributed by atoms with Crippen LogP contribution in [0, 0.1) is 5.92 Å². The number of carbonyl (C=O) groups excluding carboxylic acids is 3. The van der Waals surface area contributed by atoms with Gasteiger partial charge in [0.25, 0.3) is 5.91 Å². The first-order chi connectivity index (χ1) is 8.59. The highest BCUT2D eigenvalue weighted by Crippen LogP contribution is 2.33. The van der Waals surface area contributed by atoms with E-state index in [9.17, 15) is 14.4 Å². The Bertz CT molecular complexity index is 367. The van der Waals surface area contributed by atoms with Gasteiger partial charge in [-0.3, -0.25) is 19.2 Å². The van der Waals surface area contributed by atoms with Gasteiger partial charge >= 0.3 is 0 Å². The molecule has 0 spiro atoms. The maximum Gasteiger partial charge on any atom is 0.266 e. The summed E-state index contributed by atoms with van der Waals surface area (Å²) in [4.78, 5) is 40.5. The molecule has 100 valence electrons. The van der Waals surface area contributed by atoms with E-state index in [-0.39, 0.29) is 24.3 Å². The smallest absolute Gasteiger partial charge is 0.266 e. The Kier molecular flexibility index (Phi) is 3.81. The molecule has 7 heteroatoms. The molecular formula is C11H17N3O4. The summed E-state index contributed by atoms with van der Waals surface area (Å²) >= 11 is 0. The highest BCUT2D eigenvalue weighted by molar-refractivity contribution is 5.89. The van der Waals surface area contributed by atoms with Gasteiger partial charge in [0.1, 0.15) is 6.04 Å². The van der Waals surface area contributed by atoms with E-state index in [1.165, 1.54) is 0 Å². The summed E-state index contributed by atoms with van der Waals surface area (Å²) in [6.45, 7) is 0.248. The molecule has 3 amide bonds. The first-order valence-electron chi connectivity index (χ1n) is 6.10. The molecule has 2 aliphatic rings. The average Bonchev–Trinajstić information content (AvgIpc) is 3.04. The van der Waals surface area contributed by atoms with Crippen LogP contribution in [0.4, 0.5) is 0 Å². The van der Waals surface area contributed by atoms with Crippen molar-refractivity contribution in [2.24, 2.45) is 11.7 Å². The molecule has 1 saturated heterocycles. The van der Waals surface area contributed by atoms with Crippen molar-refractivity contribution in [1.29, 1.82) is 0 Å². The van der Waals surface area contributed by atoms with Crippen LogP contribution < -0.4 is 11.2 Å². The molecule has 1 aliphatic heterocycles. The molecule has 7 nitrogen and oxygen atoms in total. The predicted molar refractivity (Wildman–Crippen MR) is 60.7 cm³/mol. The average molecular weight is 255 g/mol. The van der Waals surface area contributed by atoms with Crippen LogP contribution in [0.15, 0.2) is 0 Å². The van der Waals surface area contributed by atoms with Gasteiger partial charge < -0.3 is 10.6 Å². The zero-order chi connectivity index (χ0) is 13.1. The summed E-state index contributed by atoms with van der Waals surface area (Å²) in [5.74, 6) is -0.886. The molecule has 1 saturated carbocycles. The number of primary amides is 1. The largest absolute Gasteiger partial charge is 0.368 e. The minimum Gasteiger partial charge on any atom is -0.368 e. The molecule has 0 radical (unpaired) electrons. The lowest BCUT2D eigenvalue weighted by molar-refractivity contribution is -0.147. The minimum atomic E-state index is -0.660. The lowest BCUT2D eigenvalue weighted by Crippen LogP contribution is -2.46. The van der Waals surface area contributed by atoms with Gasteiger partial charge in [-0.1, -0.05) is 0 Å². The van der Waals surface area contributed by atoms with E-state index in [1.807, 2.05) is 0 Å². The van der Waals surface area contributed by atoms with Gasteiger partial charge in [0.05, 0.1) is 0 Å². The van der Waals surface area contributed by atoms with Gasteiger partial charge in [0, 0.05) is 12.5 Å². The number of nitrogens with two attached hydrogens (primary N) is 1. The van der Waals surface area contributed by atoms with Crippen molar-refractivity contribution >= 4 is 17.7 Å². The topological polar surface area (TPSA) is 102 Å². The first-order valence-corrected chi connectivity index (χ1v) is 6.10. The summed E-state index contributed by atoms with van der Waals surface area (Å²) in [6.07, 6.45) is 3.28. The van der Waals surface area contributed by atoms with Crippen LogP contribution in [0.2, 0.25) is 0 Å². The second-order valence-corrected chi connectivity index (χ2v) is 4.69. The first kappa shape index (κ1) is 12.8. The van der Waals surface area contributed by atoms with Gasteiger partial charge in [-0.05, 0) is 25.7 Å². The zero-order valence-corrected chi connectivity index (χ0v) is 10.1. The molecule has 0 aromatic carbocycles. The highest BCUT2D eigenvalue weighted by Gasteiger charge is 2.40. The minimum absolute atomic E-state index is 0.0579. The van der Waals surface area contributed by atoms with E-state index >= 15 is 0 Å². The number of nitrogens with zero attached hydrogens (tertiary/aromatic N) is 1. The Balaban J connectivity index is 1.84. The summed E-state index contributed by atoms with van der Waals surface area (Å²) in [7, 11) is 0. The van der Waals surface area contributed by atoms with Gasteiger partial charge in [-0.25, -0.2) is 5.48 Å². The molecule has 1 atom stereocenters. The van der Waals surface area contributed by atoms with Crippen molar-refractivity contribution in [2.75, 3.05) is 13.2 Å². The number of nitrogens with one attached hydrogen (secondary N) is 1. The molecule has 1 unspecified atom stereocenters. The number of likely N-dealkylation sites (tertiary alicyclic amines) is 1. The molecule has 1 heterocycles. The molecule has 3 N–H and O–H groups in total. The fraction of sp³-hybridized carbons (Fsp3) is 0.727. The number of hydrogen-bond donors (Lipinski definition) is 2. The van der Waals surface area contributed by atoms with E-state index in [2.05, 4.69) is 10.3 Å². The molecule has 18 heavy (non-hydrogen) atoms. The van der Waals surface area contributed by atoms with Gasteiger partial charge in [0.2, 0.25) is 11.8 Å². The third-order valence-electron chi connectivity index (χ3n) is 3.15. The molecule has 0 bridgehead atoms. The fourth-order valence-electron chi connectivity index (χ4n) is 2.11. The zero-order valence-electron chi connectivity index (χ0n) is 10.1. The summed E-state index contributed by atoms with van der Waals surface area (Å²) in [5, 5.41) is 0. The Morgan fingerprint density at radius 1 is 1.28 bits per heavy atom. The Labute approximate surface area is 105 Å². The van der Waals surface area contributed by atoms with Crippen LogP contribution in [-0.2, 0) is 19.2 Å². The summed E-state index contributed by atoms with van der Waals surface area (Å²) < 4.78 is 0. The molecule has 2 rings (SSSR count). The van der Waals surface area contributed by atoms with Crippen molar-refractivity contribution in [2.45, 2.75) is 31.7 Å². The molecule has 0 aromatic heterocycles. The van der Waals surface area contributed by atoms with Crippen LogP contribution in [0.5, 0.6) is 0 Å². The summed E-state index contributed by atoms with van der Waals surface area (Å²) in [6, 6.07) is -0.481. The van der Waals surface area contributed by atoms with Gasteiger partial charge in [-0.15, -0.1) is 0 Å². The fourth-order valence-corrected chi connectivity index (χ4v) is 2.11. The predicted octanol–water partition coefficient (Wildman–Crippen LogP) is -1.08. The van der Waals surface area contributed by atoms with E-state index in [1.54, 1.807) is 4.90 Å². The lowest BCUT2D eigenvalue weighted by atomic mass is 10.2. The van der Waals surface area contributed by atoms with Crippen molar-refractivity contribution < 1.29 is 19.2 Å². The van der Waals surface area contributed by atoms with Crippen molar-refractivity contribution in [3.8, 4) is 0 Å². The molecule has 1 aliphatic carbocycles. The Hall–Kier alpha value is -1.63. The van der Waals surface area contributed by atoms with Crippen molar-refractivity contribution in [3.63, 3.8) is 0 Å². The molecule has 0 aromatic rings. The van der Waals surface area contributed by atoms with Crippen molar-refractivity contribution in [3.05, 3.63) is 0 Å². The maximum absolute atomic E-state index is 11.9. The summed E-state index contributed by atoms with van der Waals surface area (Å²) in [5.41, 5.74) is 7.04. The SMILES string of the molecule is NC(=O)CONC(=O)C1CCCN1C(=O)C1CC1. The molecular weight excluding hydrogens is 238 g/mol. The molecule has 2 fully saturated rings. The highest BCUT2D eigenvalue weighted by atomic mass is 16.7. The van der Waals surface area contributed by atoms with Crippen molar-refractivity contribution in [1.82, 2.24) is 10.4 Å². The number of carbonyl (C=O) groups is 3.